The molecule has 1 N–H and O–H groups in total. The van der Waals surface area contributed by atoms with Crippen LogP contribution >= 0.6 is 11.3 Å². The van der Waals surface area contributed by atoms with Gasteiger partial charge < -0.3 is 14.8 Å². The molecule has 2 rings (SSSR count). The van der Waals surface area contributed by atoms with Gasteiger partial charge in [-0.25, -0.2) is 4.98 Å². The molecule has 7 heteroatoms. The van der Waals surface area contributed by atoms with Crippen LogP contribution < -0.4 is 10.1 Å². The van der Waals surface area contributed by atoms with E-state index in [-0.39, 0.29) is 18.4 Å². The predicted octanol–water partition coefficient (Wildman–Crippen LogP) is 3.61. The Morgan fingerprint density at radius 3 is 2.71 bits per heavy atom. The minimum atomic E-state index is -0.488. The van der Waals surface area contributed by atoms with Crippen molar-refractivity contribution in [1.82, 2.24) is 9.97 Å². The van der Waals surface area contributed by atoms with Crippen LogP contribution in [0.2, 0.25) is 0 Å². The van der Waals surface area contributed by atoms with Crippen LogP contribution in [0.3, 0.4) is 0 Å². The Kier molecular flexibility index (Phi) is 6.28. The second-order valence-electron chi connectivity index (χ2n) is 6.04. The molecule has 24 heavy (non-hydrogen) atoms. The molecule has 0 aliphatic heterocycles. The van der Waals surface area contributed by atoms with Crippen molar-refractivity contribution in [3.63, 3.8) is 0 Å². The molecule has 2 aromatic rings. The third kappa shape index (κ3) is 5.58. The lowest BCUT2D eigenvalue weighted by molar-refractivity contribution is -0.116. The number of nitrogens with zero attached hydrogens (tertiary/aromatic N) is 2. The number of hydrogen-bond acceptors (Lipinski definition) is 6. The fraction of sp³-hybridized carbons (Fsp3) is 0.471. The monoisotopic (exact) mass is 349 g/mol. The summed E-state index contributed by atoms with van der Waals surface area (Å²) in [7, 11) is 0. The van der Waals surface area contributed by atoms with Gasteiger partial charge in [0.15, 0.2) is 5.13 Å². The average molecular weight is 349 g/mol. The van der Waals surface area contributed by atoms with E-state index in [2.05, 4.69) is 15.3 Å². The average Bonchev–Trinajstić information content (AvgIpc) is 2.96. The maximum Gasteiger partial charge on any atom is 0.229 e. The smallest absolute Gasteiger partial charge is 0.229 e. The van der Waals surface area contributed by atoms with Crippen molar-refractivity contribution >= 4 is 22.4 Å². The Balaban J connectivity index is 1.82. The Labute approximate surface area is 146 Å². The maximum atomic E-state index is 12.0. The highest BCUT2D eigenvalue weighted by Gasteiger charge is 2.26. The van der Waals surface area contributed by atoms with Crippen LogP contribution in [0.25, 0.3) is 0 Å². The first-order chi connectivity index (χ1) is 11.4. The van der Waals surface area contributed by atoms with Crippen LogP contribution in [0.4, 0.5) is 5.13 Å². The summed E-state index contributed by atoms with van der Waals surface area (Å²) in [5, 5.41) is 5.27. The molecular weight excluding hydrogens is 326 g/mol. The third-order valence-electron chi connectivity index (χ3n) is 3.15. The highest BCUT2D eigenvalue weighted by molar-refractivity contribution is 7.13. The Morgan fingerprint density at radius 1 is 1.33 bits per heavy atom. The van der Waals surface area contributed by atoms with Gasteiger partial charge >= 0.3 is 0 Å². The number of amides is 1. The summed E-state index contributed by atoms with van der Waals surface area (Å²) in [5.41, 5.74) is 0.322. The Morgan fingerprint density at radius 2 is 2.04 bits per heavy atom. The summed E-state index contributed by atoms with van der Waals surface area (Å²) in [4.78, 5) is 20.3. The number of carbonyl (C=O) groups is 1. The lowest BCUT2D eigenvalue weighted by Gasteiger charge is -2.25. The van der Waals surface area contributed by atoms with E-state index in [1.165, 1.54) is 11.3 Å². The van der Waals surface area contributed by atoms with E-state index >= 15 is 0 Å². The van der Waals surface area contributed by atoms with Crippen molar-refractivity contribution in [2.24, 2.45) is 0 Å². The number of hydrogen-bond donors (Lipinski definition) is 1. The highest BCUT2D eigenvalue weighted by Crippen LogP contribution is 2.29. The van der Waals surface area contributed by atoms with Gasteiger partial charge in [0.05, 0.1) is 24.8 Å². The molecule has 130 valence electrons. The van der Waals surface area contributed by atoms with Gasteiger partial charge in [0.1, 0.15) is 11.4 Å². The number of aromatic nitrogens is 2. The van der Waals surface area contributed by atoms with E-state index in [0.29, 0.717) is 17.5 Å². The molecule has 0 aromatic carbocycles. The van der Waals surface area contributed by atoms with Crippen molar-refractivity contribution in [3.8, 4) is 5.75 Å². The molecule has 0 fully saturated rings. The lowest BCUT2D eigenvalue weighted by atomic mass is 10.1. The van der Waals surface area contributed by atoms with Gasteiger partial charge in [0, 0.05) is 17.8 Å². The lowest BCUT2D eigenvalue weighted by Crippen LogP contribution is -2.26. The van der Waals surface area contributed by atoms with E-state index in [4.69, 9.17) is 9.47 Å². The number of anilines is 1. The fourth-order valence-corrected chi connectivity index (χ4v) is 3.02. The van der Waals surface area contributed by atoms with Crippen molar-refractivity contribution in [2.75, 3.05) is 11.9 Å². The first kappa shape index (κ1) is 18.4. The first-order valence-corrected chi connectivity index (χ1v) is 8.71. The van der Waals surface area contributed by atoms with E-state index in [1.54, 1.807) is 24.5 Å². The Bertz CT molecular complexity index is 656. The van der Waals surface area contributed by atoms with Crippen molar-refractivity contribution in [3.05, 3.63) is 35.6 Å². The fourth-order valence-electron chi connectivity index (χ4n) is 2.14. The number of pyridine rings is 1. The summed E-state index contributed by atoms with van der Waals surface area (Å²) in [6.45, 7) is 8.21. The van der Waals surface area contributed by atoms with Gasteiger partial charge in [-0.2, -0.15) is 0 Å². The van der Waals surface area contributed by atoms with Crippen LogP contribution in [0.1, 0.15) is 39.8 Å². The van der Waals surface area contributed by atoms with Gasteiger partial charge in [0.25, 0.3) is 0 Å². The second kappa shape index (κ2) is 8.21. The highest BCUT2D eigenvalue weighted by atomic mass is 32.1. The molecule has 0 aliphatic rings. The number of carbonyl (C=O) groups excluding carboxylic acids is 1. The molecule has 0 unspecified atom stereocenters. The normalized spacial score (nSPS) is 11.5. The van der Waals surface area contributed by atoms with Crippen LogP contribution in [0.5, 0.6) is 5.75 Å². The summed E-state index contributed by atoms with van der Waals surface area (Å²) >= 11 is 1.39. The summed E-state index contributed by atoms with van der Waals surface area (Å²) in [6, 6.07) is 3.50. The minimum absolute atomic E-state index is 0.102. The number of rotatable bonds is 8. The first-order valence-electron chi connectivity index (χ1n) is 7.83. The van der Waals surface area contributed by atoms with Gasteiger partial charge in [-0.3, -0.25) is 9.78 Å². The van der Waals surface area contributed by atoms with Crippen molar-refractivity contribution in [2.45, 2.75) is 45.8 Å². The molecule has 6 nitrogen and oxygen atoms in total. The zero-order valence-corrected chi connectivity index (χ0v) is 15.2. The summed E-state index contributed by atoms with van der Waals surface area (Å²) in [5.74, 6) is 0.564. The number of thiazole rings is 1. The van der Waals surface area contributed by atoms with E-state index in [0.717, 1.165) is 5.69 Å². The summed E-state index contributed by atoms with van der Waals surface area (Å²) in [6.07, 6.45) is 3.65. The van der Waals surface area contributed by atoms with Gasteiger partial charge in [-0.15, -0.1) is 11.3 Å². The van der Waals surface area contributed by atoms with E-state index in [1.807, 2.05) is 33.1 Å². The third-order valence-corrected chi connectivity index (χ3v) is 3.90. The van der Waals surface area contributed by atoms with Crippen molar-refractivity contribution < 1.29 is 14.3 Å². The molecule has 2 aromatic heterocycles. The molecule has 1 amide bonds. The molecule has 0 bridgehead atoms. The molecule has 2 heterocycles. The van der Waals surface area contributed by atoms with Crippen LogP contribution in [0.15, 0.2) is 29.9 Å². The largest absolute Gasteiger partial charge is 0.493 e. The van der Waals surface area contributed by atoms with Gasteiger partial charge in [0.2, 0.25) is 5.91 Å². The molecule has 0 radical (unpaired) electrons. The number of nitrogens with one attached hydrogen (secondary N) is 1. The number of ether oxygens (including phenoxy) is 2. The molecule has 0 spiro atoms. The molecular formula is C17H23N3O3S. The molecule has 0 saturated heterocycles. The maximum absolute atomic E-state index is 12.0. The standard InChI is InChI=1S/C17H23N3O3S/c1-12(2)23-17(3,4)14-11-24-16(19-14)20-15(21)7-10-22-13-5-8-18-9-6-13/h5-6,8-9,11-12H,7,10H2,1-4H3,(H,19,20,21). The Hall–Kier alpha value is -1.99. The molecule has 0 saturated carbocycles. The zero-order chi connectivity index (χ0) is 17.6. The van der Waals surface area contributed by atoms with E-state index in [9.17, 15) is 4.79 Å². The molecule has 0 aliphatic carbocycles. The van der Waals surface area contributed by atoms with Gasteiger partial charge in [-0.05, 0) is 39.8 Å². The van der Waals surface area contributed by atoms with Gasteiger partial charge in [-0.1, -0.05) is 0 Å². The van der Waals surface area contributed by atoms with Crippen molar-refractivity contribution in [1.29, 1.82) is 0 Å². The van der Waals surface area contributed by atoms with Crippen LogP contribution in [-0.2, 0) is 15.1 Å². The SMILES string of the molecule is CC(C)OC(C)(C)c1csc(NC(=O)CCOc2ccncc2)n1. The summed E-state index contributed by atoms with van der Waals surface area (Å²) < 4.78 is 11.3. The van der Waals surface area contributed by atoms with E-state index < -0.39 is 5.60 Å². The topological polar surface area (TPSA) is 73.3 Å². The molecule has 0 atom stereocenters. The van der Waals surface area contributed by atoms with Crippen LogP contribution in [0, 0.1) is 0 Å². The van der Waals surface area contributed by atoms with Crippen LogP contribution in [-0.4, -0.2) is 28.6 Å². The minimum Gasteiger partial charge on any atom is -0.493 e. The predicted molar refractivity (Wildman–Crippen MR) is 94.3 cm³/mol. The second-order valence-corrected chi connectivity index (χ2v) is 6.90. The zero-order valence-electron chi connectivity index (χ0n) is 14.4. The quantitative estimate of drug-likeness (QED) is 0.788.